The number of amides is 1. The van der Waals surface area contributed by atoms with Gasteiger partial charge in [-0.25, -0.2) is 0 Å². The summed E-state index contributed by atoms with van der Waals surface area (Å²) in [5.41, 5.74) is 2.44. The van der Waals surface area contributed by atoms with Gasteiger partial charge in [-0.3, -0.25) is 4.79 Å². The smallest absolute Gasteiger partial charge is 0.224 e. The Morgan fingerprint density at radius 3 is 2.78 bits per heavy atom. The van der Waals surface area contributed by atoms with Crippen LogP contribution in [0, 0.1) is 0 Å². The van der Waals surface area contributed by atoms with Gasteiger partial charge in [0.05, 0.1) is 0 Å². The Labute approximate surface area is 108 Å². The maximum atomic E-state index is 12.2. The average Bonchev–Trinajstić information content (AvgIpc) is 2.88. The SMILES string of the molecule is O=C1CCNc2ccccc2CN1C1CCCC1. The van der Waals surface area contributed by atoms with Crippen molar-refractivity contribution in [3.8, 4) is 0 Å². The largest absolute Gasteiger partial charge is 0.384 e. The number of hydrogen-bond donors (Lipinski definition) is 1. The molecule has 1 amide bonds. The second-order valence-corrected chi connectivity index (χ2v) is 5.29. The van der Waals surface area contributed by atoms with E-state index in [0.717, 1.165) is 13.1 Å². The molecule has 1 aromatic carbocycles. The molecule has 3 heteroatoms. The van der Waals surface area contributed by atoms with Crippen molar-refractivity contribution in [1.82, 2.24) is 4.90 Å². The molecular weight excluding hydrogens is 224 g/mol. The van der Waals surface area contributed by atoms with E-state index in [1.54, 1.807) is 0 Å². The zero-order chi connectivity index (χ0) is 12.4. The first-order valence-corrected chi connectivity index (χ1v) is 6.96. The molecule has 3 rings (SSSR count). The van der Waals surface area contributed by atoms with Crippen LogP contribution >= 0.6 is 0 Å². The number of nitrogens with zero attached hydrogens (tertiary/aromatic N) is 1. The number of carbonyl (C=O) groups is 1. The molecule has 0 radical (unpaired) electrons. The second-order valence-electron chi connectivity index (χ2n) is 5.29. The zero-order valence-electron chi connectivity index (χ0n) is 10.7. The highest BCUT2D eigenvalue weighted by Crippen LogP contribution is 2.28. The van der Waals surface area contributed by atoms with Crippen molar-refractivity contribution in [2.45, 2.75) is 44.7 Å². The summed E-state index contributed by atoms with van der Waals surface area (Å²) in [5, 5.41) is 3.36. The van der Waals surface area contributed by atoms with Crippen LogP contribution in [-0.2, 0) is 11.3 Å². The first-order chi connectivity index (χ1) is 8.84. The Morgan fingerprint density at radius 2 is 1.94 bits per heavy atom. The van der Waals surface area contributed by atoms with E-state index in [1.165, 1.54) is 36.9 Å². The molecule has 0 bridgehead atoms. The molecule has 1 heterocycles. The first kappa shape index (κ1) is 11.6. The molecule has 1 N–H and O–H groups in total. The van der Waals surface area contributed by atoms with Gasteiger partial charge in [0.15, 0.2) is 0 Å². The van der Waals surface area contributed by atoms with Gasteiger partial charge in [-0.1, -0.05) is 31.0 Å². The number of carbonyl (C=O) groups excluding carboxylic acids is 1. The predicted octanol–water partition coefficient (Wildman–Crippen LogP) is 2.77. The van der Waals surface area contributed by atoms with E-state index in [9.17, 15) is 4.79 Å². The molecule has 3 nitrogen and oxygen atoms in total. The van der Waals surface area contributed by atoms with Crippen molar-refractivity contribution >= 4 is 11.6 Å². The third-order valence-electron chi connectivity index (χ3n) is 4.10. The normalized spacial score (nSPS) is 21.1. The topological polar surface area (TPSA) is 32.3 Å². The summed E-state index contributed by atoms with van der Waals surface area (Å²) in [6.45, 7) is 1.52. The van der Waals surface area contributed by atoms with Crippen molar-refractivity contribution in [3.63, 3.8) is 0 Å². The van der Waals surface area contributed by atoms with Gasteiger partial charge in [0.25, 0.3) is 0 Å². The number of benzene rings is 1. The van der Waals surface area contributed by atoms with E-state index in [2.05, 4.69) is 34.5 Å². The number of fused-ring (bicyclic) bond motifs is 1. The van der Waals surface area contributed by atoms with Gasteiger partial charge < -0.3 is 10.2 Å². The van der Waals surface area contributed by atoms with Gasteiger partial charge in [-0.05, 0) is 24.5 Å². The van der Waals surface area contributed by atoms with Gasteiger partial charge in [-0.2, -0.15) is 0 Å². The standard InChI is InChI=1S/C15H20N2O/c18-15-9-10-16-14-8-4-1-5-12(14)11-17(15)13-6-2-3-7-13/h1,4-5,8,13,16H,2-3,6-7,9-11H2. The minimum Gasteiger partial charge on any atom is -0.384 e. The summed E-state index contributed by atoms with van der Waals surface area (Å²) in [6.07, 6.45) is 5.52. The van der Waals surface area contributed by atoms with Crippen molar-refractivity contribution in [3.05, 3.63) is 29.8 Å². The number of rotatable bonds is 1. The summed E-state index contributed by atoms with van der Waals surface area (Å²) in [4.78, 5) is 14.4. The van der Waals surface area contributed by atoms with Crippen LogP contribution in [0.25, 0.3) is 0 Å². The van der Waals surface area contributed by atoms with Crippen LogP contribution in [-0.4, -0.2) is 23.4 Å². The molecule has 0 saturated heterocycles. The Morgan fingerprint density at radius 1 is 1.17 bits per heavy atom. The highest BCUT2D eigenvalue weighted by atomic mass is 16.2. The molecule has 1 fully saturated rings. The molecule has 96 valence electrons. The van der Waals surface area contributed by atoms with E-state index in [-0.39, 0.29) is 0 Å². The number of para-hydroxylation sites is 1. The van der Waals surface area contributed by atoms with Crippen LogP contribution in [0.2, 0.25) is 0 Å². The molecule has 18 heavy (non-hydrogen) atoms. The fourth-order valence-corrected chi connectivity index (χ4v) is 3.10. The minimum atomic E-state index is 0.309. The summed E-state index contributed by atoms with van der Waals surface area (Å²) >= 11 is 0. The van der Waals surface area contributed by atoms with Crippen LogP contribution < -0.4 is 5.32 Å². The van der Waals surface area contributed by atoms with E-state index in [4.69, 9.17) is 0 Å². The van der Waals surface area contributed by atoms with Crippen LogP contribution in [0.5, 0.6) is 0 Å². The Kier molecular flexibility index (Phi) is 3.22. The summed E-state index contributed by atoms with van der Waals surface area (Å²) < 4.78 is 0. The molecule has 0 atom stereocenters. The third-order valence-corrected chi connectivity index (χ3v) is 4.10. The maximum Gasteiger partial charge on any atom is 0.224 e. The van der Waals surface area contributed by atoms with Crippen molar-refractivity contribution in [2.24, 2.45) is 0 Å². The molecule has 0 aromatic heterocycles. The highest BCUT2D eigenvalue weighted by molar-refractivity contribution is 5.78. The number of nitrogens with one attached hydrogen (secondary N) is 1. The lowest BCUT2D eigenvalue weighted by atomic mass is 10.1. The summed E-state index contributed by atoms with van der Waals surface area (Å²) in [6, 6.07) is 8.82. The van der Waals surface area contributed by atoms with E-state index < -0.39 is 0 Å². The molecule has 0 spiro atoms. The minimum absolute atomic E-state index is 0.309. The quantitative estimate of drug-likeness (QED) is 0.824. The summed E-state index contributed by atoms with van der Waals surface area (Å²) in [5.74, 6) is 0.309. The predicted molar refractivity (Wildman–Crippen MR) is 72.4 cm³/mol. The van der Waals surface area contributed by atoms with E-state index in [0.29, 0.717) is 18.4 Å². The first-order valence-electron chi connectivity index (χ1n) is 6.96. The molecule has 1 aliphatic heterocycles. The monoisotopic (exact) mass is 244 g/mol. The zero-order valence-corrected chi connectivity index (χ0v) is 10.7. The average molecular weight is 244 g/mol. The van der Waals surface area contributed by atoms with Crippen LogP contribution in [0.1, 0.15) is 37.7 Å². The second kappa shape index (κ2) is 5.01. The van der Waals surface area contributed by atoms with Crippen LogP contribution in [0.3, 0.4) is 0 Å². The van der Waals surface area contributed by atoms with E-state index >= 15 is 0 Å². The lowest BCUT2D eigenvalue weighted by Crippen LogP contribution is -2.40. The van der Waals surface area contributed by atoms with Gasteiger partial charge in [0.2, 0.25) is 5.91 Å². The molecule has 2 aliphatic rings. The molecule has 1 aliphatic carbocycles. The Hall–Kier alpha value is -1.51. The number of anilines is 1. The Balaban J connectivity index is 1.87. The van der Waals surface area contributed by atoms with Gasteiger partial charge in [-0.15, -0.1) is 0 Å². The Bertz CT molecular complexity index is 438. The van der Waals surface area contributed by atoms with Gasteiger partial charge in [0.1, 0.15) is 0 Å². The molecular formula is C15H20N2O. The molecule has 1 aromatic rings. The summed E-state index contributed by atoms with van der Waals surface area (Å²) in [7, 11) is 0. The van der Waals surface area contributed by atoms with Crippen LogP contribution in [0.15, 0.2) is 24.3 Å². The van der Waals surface area contributed by atoms with E-state index in [1.807, 2.05) is 0 Å². The maximum absolute atomic E-state index is 12.2. The molecule has 1 saturated carbocycles. The van der Waals surface area contributed by atoms with Crippen molar-refractivity contribution in [1.29, 1.82) is 0 Å². The third kappa shape index (κ3) is 2.22. The van der Waals surface area contributed by atoms with Crippen LogP contribution in [0.4, 0.5) is 5.69 Å². The molecule has 0 unspecified atom stereocenters. The number of hydrogen-bond acceptors (Lipinski definition) is 2. The van der Waals surface area contributed by atoms with Crippen molar-refractivity contribution in [2.75, 3.05) is 11.9 Å². The lowest BCUT2D eigenvalue weighted by molar-refractivity contribution is -0.134. The fourth-order valence-electron chi connectivity index (χ4n) is 3.10. The van der Waals surface area contributed by atoms with Gasteiger partial charge in [0, 0.05) is 31.2 Å². The lowest BCUT2D eigenvalue weighted by Gasteiger charge is -2.32. The van der Waals surface area contributed by atoms with Crippen molar-refractivity contribution < 1.29 is 4.79 Å². The van der Waals surface area contributed by atoms with Gasteiger partial charge >= 0.3 is 0 Å². The highest BCUT2D eigenvalue weighted by Gasteiger charge is 2.27. The fraction of sp³-hybridized carbons (Fsp3) is 0.533.